The summed E-state index contributed by atoms with van der Waals surface area (Å²) >= 11 is 11.9. The van der Waals surface area contributed by atoms with Crippen molar-refractivity contribution in [3.63, 3.8) is 0 Å². The van der Waals surface area contributed by atoms with Gasteiger partial charge in [-0.2, -0.15) is 5.10 Å². The third-order valence-corrected chi connectivity index (χ3v) is 4.54. The summed E-state index contributed by atoms with van der Waals surface area (Å²) in [6.45, 7) is 1.99. The van der Waals surface area contributed by atoms with Crippen LogP contribution in [0.15, 0.2) is 40.8 Å². The van der Waals surface area contributed by atoms with Crippen LogP contribution in [-0.2, 0) is 6.42 Å². The lowest BCUT2D eigenvalue weighted by molar-refractivity contribution is 0.0948. The van der Waals surface area contributed by atoms with Crippen molar-refractivity contribution >= 4 is 29.1 Å². The lowest BCUT2D eigenvalue weighted by Crippen LogP contribution is -2.25. The van der Waals surface area contributed by atoms with E-state index in [0.717, 1.165) is 11.3 Å². The minimum Gasteiger partial charge on any atom is -0.461 e. The van der Waals surface area contributed by atoms with Crippen molar-refractivity contribution in [1.29, 1.82) is 0 Å². The first-order valence-corrected chi connectivity index (χ1v) is 8.75. The fourth-order valence-corrected chi connectivity index (χ4v) is 2.67. The third-order valence-electron chi connectivity index (χ3n) is 3.80. The fourth-order valence-electron chi connectivity index (χ4n) is 2.37. The maximum atomic E-state index is 12.0. The van der Waals surface area contributed by atoms with Crippen molar-refractivity contribution in [1.82, 2.24) is 15.5 Å². The van der Waals surface area contributed by atoms with Crippen molar-refractivity contribution < 1.29 is 14.3 Å². The molecule has 2 heterocycles. The van der Waals surface area contributed by atoms with Crippen molar-refractivity contribution in [2.24, 2.45) is 0 Å². The normalized spacial score (nSPS) is 12.2. The predicted octanol–water partition coefficient (Wildman–Crippen LogP) is 4.00. The van der Waals surface area contributed by atoms with Crippen LogP contribution >= 0.6 is 23.2 Å². The Kier molecular flexibility index (Phi) is 5.66. The van der Waals surface area contributed by atoms with Crippen LogP contribution in [0.1, 0.15) is 35.0 Å². The fraction of sp³-hybridized carbons (Fsp3) is 0.222. The highest BCUT2D eigenvalue weighted by atomic mass is 35.5. The van der Waals surface area contributed by atoms with Gasteiger partial charge in [0.05, 0.1) is 21.8 Å². The first-order valence-electron chi connectivity index (χ1n) is 7.99. The molecule has 2 aromatic heterocycles. The van der Waals surface area contributed by atoms with Gasteiger partial charge in [-0.3, -0.25) is 9.89 Å². The summed E-state index contributed by atoms with van der Waals surface area (Å²) in [6, 6.07) is 10.5. The molecule has 26 heavy (non-hydrogen) atoms. The van der Waals surface area contributed by atoms with Gasteiger partial charge in [-0.1, -0.05) is 23.2 Å². The second-order valence-electron chi connectivity index (χ2n) is 5.79. The molecule has 0 fully saturated rings. The molecule has 6 nitrogen and oxygen atoms in total. The molecule has 3 aromatic rings. The Morgan fingerprint density at radius 2 is 2.08 bits per heavy atom. The molecule has 136 valence electrons. The number of aliphatic hydroxyl groups excluding tert-OH is 1. The number of carbonyl (C=O) groups is 1. The molecule has 3 rings (SSSR count). The van der Waals surface area contributed by atoms with E-state index < -0.39 is 6.10 Å². The number of rotatable bonds is 6. The van der Waals surface area contributed by atoms with E-state index in [9.17, 15) is 9.90 Å². The summed E-state index contributed by atoms with van der Waals surface area (Å²) in [7, 11) is 0. The van der Waals surface area contributed by atoms with Crippen LogP contribution < -0.4 is 5.32 Å². The molecule has 0 aliphatic carbocycles. The number of amides is 1. The Hall–Kier alpha value is -2.28. The Labute approximate surface area is 160 Å². The highest BCUT2D eigenvalue weighted by Crippen LogP contribution is 2.29. The highest BCUT2D eigenvalue weighted by Gasteiger charge is 2.13. The van der Waals surface area contributed by atoms with Gasteiger partial charge < -0.3 is 14.8 Å². The maximum absolute atomic E-state index is 12.0. The molecule has 1 amide bonds. The average Bonchev–Trinajstić information content (AvgIpc) is 3.27. The van der Waals surface area contributed by atoms with Gasteiger partial charge in [0, 0.05) is 18.5 Å². The van der Waals surface area contributed by atoms with E-state index in [1.165, 1.54) is 6.07 Å². The number of furan rings is 1. The Balaban J connectivity index is 1.56. The van der Waals surface area contributed by atoms with E-state index >= 15 is 0 Å². The zero-order valence-electron chi connectivity index (χ0n) is 13.9. The van der Waals surface area contributed by atoms with Crippen molar-refractivity contribution in [3.8, 4) is 11.3 Å². The van der Waals surface area contributed by atoms with E-state index in [2.05, 4.69) is 15.5 Å². The molecule has 1 atom stereocenters. The summed E-state index contributed by atoms with van der Waals surface area (Å²) in [5.41, 5.74) is 1.56. The number of hydrogen-bond acceptors (Lipinski definition) is 4. The van der Waals surface area contributed by atoms with E-state index in [-0.39, 0.29) is 11.6 Å². The predicted molar refractivity (Wildman–Crippen MR) is 99.4 cm³/mol. The van der Waals surface area contributed by atoms with Crippen molar-refractivity contribution in [2.45, 2.75) is 19.4 Å². The second-order valence-corrected chi connectivity index (χ2v) is 6.60. The van der Waals surface area contributed by atoms with Crippen molar-refractivity contribution in [3.05, 3.63) is 63.6 Å². The largest absolute Gasteiger partial charge is 0.461 e. The first kappa shape index (κ1) is 18.5. The van der Waals surface area contributed by atoms with Gasteiger partial charge in [0.2, 0.25) is 0 Å². The number of aliphatic hydroxyl groups is 1. The summed E-state index contributed by atoms with van der Waals surface area (Å²) in [4.78, 5) is 12.0. The number of halogens is 2. The first-order chi connectivity index (χ1) is 12.4. The third kappa shape index (κ3) is 4.27. The maximum Gasteiger partial charge on any atom is 0.271 e. The number of nitrogens with one attached hydrogen (secondary N) is 2. The van der Waals surface area contributed by atoms with Crippen LogP contribution in [0.2, 0.25) is 10.0 Å². The second kappa shape index (κ2) is 7.95. The number of aromatic nitrogens is 2. The van der Waals surface area contributed by atoms with Crippen LogP contribution in [0, 0.1) is 0 Å². The quantitative estimate of drug-likeness (QED) is 0.589. The molecule has 0 bridgehead atoms. The summed E-state index contributed by atoms with van der Waals surface area (Å²) in [5.74, 6) is 1.10. The van der Waals surface area contributed by atoms with Crippen LogP contribution in [0.5, 0.6) is 0 Å². The van der Waals surface area contributed by atoms with E-state index in [1.54, 1.807) is 19.1 Å². The number of aromatic amines is 1. The Bertz CT molecular complexity index is 918. The molecule has 1 unspecified atom stereocenters. The van der Waals surface area contributed by atoms with Gasteiger partial charge in [0.1, 0.15) is 17.2 Å². The molecule has 0 aliphatic heterocycles. The molecule has 0 spiro atoms. The topological polar surface area (TPSA) is 91.2 Å². The zero-order valence-corrected chi connectivity index (χ0v) is 15.4. The zero-order chi connectivity index (χ0) is 18.7. The van der Waals surface area contributed by atoms with Gasteiger partial charge in [-0.25, -0.2) is 0 Å². The Morgan fingerprint density at radius 3 is 2.77 bits per heavy atom. The van der Waals surface area contributed by atoms with Gasteiger partial charge in [0.15, 0.2) is 0 Å². The number of carbonyl (C=O) groups excluding carboxylic acids is 1. The molecule has 3 N–H and O–H groups in total. The molecule has 0 saturated carbocycles. The minimum atomic E-state index is -0.702. The summed E-state index contributed by atoms with van der Waals surface area (Å²) in [6.07, 6.45) is -0.173. The Morgan fingerprint density at radius 1 is 1.27 bits per heavy atom. The van der Waals surface area contributed by atoms with Gasteiger partial charge in [0.25, 0.3) is 5.91 Å². The number of H-pyrrole nitrogens is 1. The summed E-state index contributed by atoms with van der Waals surface area (Å²) in [5, 5.41) is 19.7. The van der Waals surface area contributed by atoms with E-state index in [0.29, 0.717) is 34.5 Å². The summed E-state index contributed by atoms with van der Waals surface area (Å²) < 4.78 is 5.78. The van der Waals surface area contributed by atoms with Gasteiger partial charge >= 0.3 is 0 Å². The molecule has 0 radical (unpaired) electrons. The number of hydrogen-bond donors (Lipinski definition) is 3. The monoisotopic (exact) mass is 393 g/mol. The SMILES string of the molecule is CC(O)c1cc(C(=O)NCCc2ccc(-c3ccc(Cl)c(Cl)c3)o2)n[nH]1. The molecular formula is C18H17Cl2N3O3. The minimum absolute atomic E-state index is 0.233. The molecule has 0 saturated heterocycles. The number of nitrogens with zero attached hydrogens (tertiary/aromatic N) is 1. The van der Waals surface area contributed by atoms with Crippen molar-refractivity contribution in [2.75, 3.05) is 6.54 Å². The van der Waals surface area contributed by atoms with E-state index in [1.807, 2.05) is 18.2 Å². The average molecular weight is 394 g/mol. The van der Waals surface area contributed by atoms with Gasteiger partial charge in [-0.15, -0.1) is 0 Å². The van der Waals surface area contributed by atoms with Crippen LogP contribution in [0.3, 0.4) is 0 Å². The molecule has 1 aromatic carbocycles. The molecule has 0 aliphatic rings. The number of benzene rings is 1. The van der Waals surface area contributed by atoms with E-state index in [4.69, 9.17) is 27.6 Å². The molecular weight excluding hydrogens is 377 g/mol. The van der Waals surface area contributed by atoms with Crippen LogP contribution in [0.25, 0.3) is 11.3 Å². The standard InChI is InChI=1S/C18H17Cl2N3O3/c1-10(24)15-9-16(23-22-15)18(25)21-7-6-12-3-5-17(26-12)11-2-4-13(19)14(20)8-11/h2-5,8-10,24H,6-7H2,1H3,(H,21,25)(H,22,23). The van der Waals surface area contributed by atoms with Crippen LogP contribution in [0.4, 0.5) is 0 Å². The van der Waals surface area contributed by atoms with Gasteiger partial charge in [-0.05, 0) is 43.3 Å². The smallest absolute Gasteiger partial charge is 0.271 e. The lowest BCUT2D eigenvalue weighted by Gasteiger charge is -2.02. The van der Waals surface area contributed by atoms with Crippen LogP contribution in [-0.4, -0.2) is 27.8 Å². The lowest BCUT2D eigenvalue weighted by atomic mass is 10.2. The highest BCUT2D eigenvalue weighted by molar-refractivity contribution is 6.42. The molecule has 8 heteroatoms.